The zero-order valence-electron chi connectivity index (χ0n) is 19.4. The Morgan fingerprint density at radius 3 is 2.31 bits per heavy atom. The monoisotopic (exact) mass is 501 g/mol. The maximum absolute atomic E-state index is 13.2. The van der Waals surface area contributed by atoms with Crippen LogP contribution >= 0.6 is 0 Å². The van der Waals surface area contributed by atoms with Gasteiger partial charge in [-0.25, -0.2) is 4.98 Å². The van der Waals surface area contributed by atoms with E-state index in [0.717, 1.165) is 6.42 Å². The third-order valence-electron chi connectivity index (χ3n) is 5.90. The zero-order valence-corrected chi connectivity index (χ0v) is 19.4. The molecule has 1 saturated heterocycles. The number of carbonyl (C=O) groups is 1. The predicted molar refractivity (Wildman–Crippen MR) is 115 cm³/mol. The van der Waals surface area contributed by atoms with E-state index in [-0.39, 0.29) is 36.3 Å². The van der Waals surface area contributed by atoms with E-state index < -0.39 is 35.1 Å². The van der Waals surface area contributed by atoms with Crippen molar-refractivity contribution >= 4 is 5.91 Å². The number of hydrogen-bond acceptors (Lipinski definition) is 4. The fraction of sp³-hybridized carbons (Fsp3) is 0.522. The van der Waals surface area contributed by atoms with Gasteiger partial charge in [0, 0.05) is 29.8 Å². The van der Waals surface area contributed by atoms with Crippen LogP contribution in [0.5, 0.6) is 0 Å². The van der Waals surface area contributed by atoms with Crippen LogP contribution < -0.4 is 5.32 Å². The van der Waals surface area contributed by atoms with Crippen LogP contribution in [0.25, 0.3) is 11.4 Å². The number of amides is 1. The van der Waals surface area contributed by atoms with Crippen molar-refractivity contribution in [2.24, 2.45) is 0 Å². The average Bonchev–Trinajstić information content (AvgIpc) is 3.37. The number of alkyl halides is 6. The normalized spacial score (nSPS) is 17.0. The van der Waals surface area contributed by atoms with Gasteiger partial charge in [0.15, 0.2) is 0 Å². The lowest BCUT2D eigenvalue weighted by Gasteiger charge is -2.28. The minimum Gasteiger partial charge on any atom is -0.342 e. The summed E-state index contributed by atoms with van der Waals surface area (Å²) >= 11 is 0. The predicted octanol–water partition coefficient (Wildman–Crippen LogP) is 4.85. The van der Waals surface area contributed by atoms with Gasteiger partial charge in [0.2, 0.25) is 5.91 Å². The van der Waals surface area contributed by atoms with E-state index in [2.05, 4.69) is 21.4 Å². The molecule has 35 heavy (non-hydrogen) atoms. The van der Waals surface area contributed by atoms with Gasteiger partial charge in [-0.05, 0) is 51.8 Å². The third kappa shape index (κ3) is 6.33. The number of hydrogen-bond donors (Lipinski definition) is 2. The molecule has 1 aromatic heterocycles. The van der Waals surface area contributed by atoms with Crippen molar-refractivity contribution in [3.63, 3.8) is 0 Å². The Bertz CT molecular complexity index is 1100. The van der Waals surface area contributed by atoms with Crippen molar-refractivity contribution in [2.45, 2.75) is 64.0 Å². The molecule has 2 N–H and O–H groups in total. The van der Waals surface area contributed by atoms with Crippen molar-refractivity contribution in [1.82, 2.24) is 20.2 Å². The van der Waals surface area contributed by atoms with E-state index in [4.69, 9.17) is 5.26 Å². The lowest BCUT2D eigenvalue weighted by atomic mass is 9.97. The number of carbonyl (C=O) groups excluding carboxylic acids is 1. The second-order valence-electron chi connectivity index (χ2n) is 9.24. The summed E-state index contributed by atoms with van der Waals surface area (Å²) in [5.41, 5.74) is -2.94. The highest BCUT2D eigenvalue weighted by Crippen LogP contribution is 2.38. The maximum Gasteiger partial charge on any atom is 0.416 e. The zero-order chi connectivity index (χ0) is 26.2. The molecule has 3 rings (SSSR count). The number of H-pyrrole nitrogens is 1. The van der Waals surface area contributed by atoms with E-state index in [1.807, 2.05) is 0 Å². The molecule has 0 bridgehead atoms. The largest absolute Gasteiger partial charge is 0.416 e. The van der Waals surface area contributed by atoms with Crippen molar-refractivity contribution in [2.75, 3.05) is 13.1 Å². The molecule has 6 nitrogen and oxygen atoms in total. The SMILES string of the molecule is Cc1[nH]c(-c2cc(C(F)(F)F)cc(C(F)(F)F)c2)nc1CC(C)(C)NCC(=O)N1CCCC1C#N. The van der Waals surface area contributed by atoms with Gasteiger partial charge in [-0.15, -0.1) is 0 Å². The summed E-state index contributed by atoms with van der Waals surface area (Å²) in [5.74, 6) is -0.333. The molecule has 1 aromatic carbocycles. The van der Waals surface area contributed by atoms with Crippen LogP contribution in [0.2, 0.25) is 0 Å². The van der Waals surface area contributed by atoms with Crippen LogP contribution in [0, 0.1) is 18.3 Å². The first-order valence-electron chi connectivity index (χ1n) is 10.9. The molecule has 0 saturated carbocycles. The van der Waals surface area contributed by atoms with Gasteiger partial charge in [-0.1, -0.05) is 0 Å². The van der Waals surface area contributed by atoms with Gasteiger partial charge >= 0.3 is 12.4 Å². The van der Waals surface area contributed by atoms with Gasteiger partial charge in [0.25, 0.3) is 0 Å². The Kier molecular flexibility index (Phi) is 7.22. The molecule has 2 aromatic rings. The summed E-state index contributed by atoms with van der Waals surface area (Å²) in [4.78, 5) is 21.1. The second-order valence-corrected chi connectivity index (χ2v) is 9.24. The number of nitrogens with one attached hydrogen (secondary N) is 2. The van der Waals surface area contributed by atoms with Crippen LogP contribution in [-0.4, -0.2) is 45.4 Å². The fourth-order valence-electron chi connectivity index (χ4n) is 3.99. The van der Waals surface area contributed by atoms with Gasteiger partial charge in [0.05, 0.1) is 29.4 Å². The van der Waals surface area contributed by atoms with Crippen molar-refractivity contribution in [1.29, 1.82) is 5.26 Å². The Morgan fingerprint density at radius 2 is 1.77 bits per heavy atom. The minimum atomic E-state index is -4.96. The van der Waals surface area contributed by atoms with Gasteiger partial charge in [-0.2, -0.15) is 31.6 Å². The number of imidazole rings is 1. The number of rotatable bonds is 6. The highest BCUT2D eigenvalue weighted by atomic mass is 19.4. The maximum atomic E-state index is 13.2. The average molecular weight is 501 g/mol. The Balaban J connectivity index is 1.79. The molecule has 1 unspecified atom stereocenters. The fourth-order valence-corrected chi connectivity index (χ4v) is 3.99. The van der Waals surface area contributed by atoms with Crippen LogP contribution in [0.1, 0.15) is 49.2 Å². The number of nitriles is 1. The van der Waals surface area contributed by atoms with E-state index in [0.29, 0.717) is 36.5 Å². The van der Waals surface area contributed by atoms with Crippen LogP contribution in [-0.2, 0) is 23.6 Å². The molecular weight excluding hydrogens is 476 g/mol. The Hall–Kier alpha value is -3.07. The first-order valence-corrected chi connectivity index (χ1v) is 10.9. The molecule has 12 heteroatoms. The number of aryl methyl sites for hydroxylation is 1. The highest BCUT2D eigenvalue weighted by molar-refractivity contribution is 5.79. The summed E-state index contributed by atoms with van der Waals surface area (Å²) < 4.78 is 79.3. The van der Waals surface area contributed by atoms with Crippen LogP contribution in [0.15, 0.2) is 18.2 Å². The summed E-state index contributed by atoms with van der Waals surface area (Å²) in [6, 6.07) is 2.98. The van der Waals surface area contributed by atoms with Crippen molar-refractivity contribution in [3.8, 4) is 17.5 Å². The molecule has 1 amide bonds. The topological polar surface area (TPSA) is 84.8 Å². The number of nitrogens with zero attached hydrogens (tertiary/aromatic N) is 3. The molecule has 1 fully saturated rings. The molecule has 1 aliphatic heterocycles. The number of aromatic amines is 1. The lowest BCUT2D eigenvalue weighted by Crippen LogP contribution is -2.48. The van der Waals surface area contributed by atoms with Crippen molar-refractivity contribution in [3.05, 3.63) is 40.7 Å². The summed E-state index contributed by atoms with van der Waals surface area (Å²) in [5, 5.41) is 12.3. The highest BCUT2D eigenvalue weighted by Gasteiger charge is 2.37. The molecular formula is C23H25F6N5O. The number of halogens is 6. The van der Waals surface area contributed by atoms with Crippen LogP contribution in [0.3, 0.4) is 0 Å². The Morgan fingerprint density at radius 1 is 1.17 bits per heavy atom. The molecule has 2 heterocycles. The minimum absolute atomic E-state index is 0.0237. The summed E-state index contributed by atoms with van der Waals surface area (Å²) in [7, 11) is 0. The standard InChI is InChI=1S/C23H25F6N5O/c1-13-18(10-21(2,3)31-12-19(35)34-6-4-5-17(34)11-30)33-20(32-13)14-7-15(22(24,25)26)9-16(8-14)23(27,28)29/h7-9,17,31H,4-6,10,12H2,1-3H3,(H,32,33). The van der Waals surface area contributed by atoms with E-state index >= 15 is 0 Å². The first-order chi connectivity index (χ1) is 16.1. The smallest absolute Gasteiger partial charge is 0.342 e. The van der Waals surface area contributed by atoms with E-state index in [1.165, 1.54) is 4.90 Å². The molecule has 0 aliphatic carbocycles. The quantitative estimate of drug-likeness (QED) is 0.555. The van der Waals surface area contributed by atoms with E-state index in [9.17, 15) is 31.1 Å². The van der Waals surface area contributed by atoms with Crippen molar-refractivity contribution < 1.29 is 31.1 Å². The van der Waals surface area contributed by atoms with Gasteiger partial charge in [-0.3, -0.25) is 4.79 Å². The first kappa shape index (κ1) is 26.5. The summed E-state index contributed by atoms with van der Waals surface area (Å²) in [6.45, 7) is 5.70. The lowest BCUT2D eigenvalue weighted by molar-refractivity contribution is -0.143. The molecule has 1 atom stereocenters. The third-order valence-corrected chi connectivity index (χ3v) is 5.90. The number of benzene rings is 1. The Labute approximate surface area is 198 Å². The van der Waals surface area contributed by atoms with Gasteiger partial charge in [0.1, 0.15) is 11.9 Å². The number of aromatic nitrogens is 2. The van der Waals surface area contributed by atoms with E-state index in [1.54, 1.807) is 20.8 Å². The van der Waals surface area contributed by atoms with Gasteiger partial charge < -0.3 is 15.2 Å². The molecule has 190 valence electrons. The summed E-state index contributed by atoms with van der Waals surface area (Å²) in [6.07, 6.45) is -8.28. The molecule has 0 radical (unpaired) electrons. The molecule has 1 aliphatic rings. The second kappa shape index (κ2) is 9.53. The molecule has 0 spiro atoms. The number of likely N-dealkylation sites (tertiary alicyclic amines) is 1. The van der Waals surface area contributed by atoms with Crippen LogP contribution in [0.4, 0.5) is 26.3 Å².